The minimum absolute atomic E-state index is 0.238. The van der Waals surface area contributed by atoms with Crippen LogP contribution < -0.4 is 10.6 Å². The average molecular weight is 360 g/mol. The van der Waals surface area contributed by atoms with Crippen LogP contribution in [0.1, 0.15) is 33.6 Å². The second-order valence-corrected chi connectivity index (χ2v) is 6.58. The predicted molar refractivity (Wildman–Crippen MR) is 109 cm³/mol. The van der Waals surface area contributed by atoms with Crippen molar-refractivity contribution >= 4 is 17.4 Å². The predicted octanol–water partition coefficient (Wildman–Crippen LogP) is 4.39. The van der Waals surface area contributed by atoms with Gasteiger partial charge in [0.25, 0.3) is 5.91 Å². The van der Waals surface area contributed by atoms with E-state index >= 15 is 0 Å². The molecule has 0 spiro atoms. The van der Waals surface area contributed by atoms with Gasteiger partial charge in [0.05, 0.1) is 0 Å². The number of hydrogen-bond acceptors (Lipinski definition) is 4. The molecule has 3 aromatic rings. The first kappa shape index (κ1) is 18.6. The maximum atomic E-state index is 12.5. The quantitative estimate of drug-likeness (QED) is 0.613. The largest absolute Gasteiger partial charge is 0.370 e. The Labute approximate surface area is 159 Å². The molecule has 0 radical (unpaired) electrons. The van der Waals surface area contributed by atoms with E-state index in [0.717, 1.165) is 36.2 Å². The molecule has 1 amide bonds. The fourth-order valence-corrected chi connectivity index (χ4v) is 2.79. The summed E-state index contributed by atoms with van der Waals surface area (Å²) < 4.78 is 0. The van der Waals surface area contributed by atoms with Gasteiger partial charge in [-0.2, -0.15) is 0 Å². The van der Waals surface area contributed by atoms with Gasteiger partial charge in [-0.05, 0) is 49.4 Å². The molecule has 2 N–H and O–H groups in total. The number of carbonyl (C=O) groups excluding carboxylic acids is 1. The highest BCUT2D eigenvalue weighted by atomic mass is 16.1. The first-order valence-electron chi connectivity index (χ1n) is 9.10. The molecule has 0 aliphatic rings. The van der Waals surface area contributed by atoms with Crippen LogP contribution in [0.15, 0.2) is 60.9 Å². The van der Waals surface area contributed by atoms with Gasteiger partial charge in [-0.15, -0.1) is 0 Å². The molecular weight excluding hydrogens is 336 g/mol. The molecule has 0 fully saturated rings. The number of carbonyl (C=O) groups is 1. The number of nitrogens with one attached hydrogen (secondary N) is 2. The SMILES string of the molecule is Cc1ccc(C)c(NC(=O)c2cc(NCCCc3ccccc3)ncn2)c1. The van der Waals surface area contributed by atoms with Crippen molar-refractivity contribution in [3.05, 3.63) is 83.3 Å². The van der Waals surface area contributed by atoms with Gasteiger partial charge in [-0.1, -0.05) is 42.5 Å². The van der Waals surface area contributed by atoms with Gasteiger partial charge in [0, 0.05) is 18.3 Å². The molecule has 27 heavy (non-hydrogen) atoms. The van der Waals surface area contributed by atoms with Crippen LogP contribution in [0.3, 0.4) is 0 Å². The smallest absolute Gasteiger partial charge is 0.274 e. The third kappa shape index (κ3) is 5.38. The monoisotopic (exact) mass is 360 g/mol. The average Bonchev–Trinajstić information content (AvgIpc) is 2.69. The van der Waals surface area contributed by atoms with E-state index in [2.05, 4.69) is 32.7 Å². The van der Waals surface area contributed by atoms with Gasteiger partial charge in [0.2, 0.25) is 0 Å². The van der Waals surface area contributed by atoms with E-state index in [1.165, 1.54) is 11.9 Å². The molecule has 5 nitrogen and oxygen atoms in total. The van der Waals surface area contributed by atoms with Crippen LogP contribution in [0, 0.1) is 13.8 Å². The van der Waals surface area contributed by atoms with Crippen LogP contribution >= 0.6 is 0 Å². The minimum Gasteiger partial charge on any atom is -0.370 e. The van der Waals surface area contributed by atoms with Gasteiger partial charge < -0.3 is 10.6 Å². The molecule has 0 saturated heterocycles. The minimum atomic E-state index is -0.238. The Hall–Kier alpha value is -3.21. The molecule has 0 aliphatic carbocycles. The van der Waals surface area contributed by atoms with E-state index in [4.69, 9.17) is 0 Å². The van der Waals surface area contributed by atoms with Crippen molar-refractivity contribution in [1.29, 1.82) is 0 Å². The zero-order valence-electron chi connectivity index (χ0n) is 15.7. The third-order valence-corrected chi connectivity index (χ3v) is 4.33. The summed E-state index contributed by atoms with van der Waals surface area (Å²) in [4.78, 5) is 20.8. The fourth-order valence-electron chi connectivity index (χ4n) is 2.79. The number of rotatable bonds is 7. The Balaban J connectivity index is 1.56. The molecule has 3 rings (SSSR count). The van der Waals surface area contributed by atoms with Gasteiger partial charge in [0.15, 0.2) is 0 Å². The highest BCUT2D eigenvalue weighted by Crippen LogP contribution is 2.17. The van der Waals surface area contributed by atoms with Crippen molar-refractivity contribution in [2.45, 2.75) is 26.7 Å². The highest BCUT2D eigenvalue weighted by Gasteiger charge is 2.10. The molecule has 1 aromatic heterocycles. The topological polar surface area (TPSA) is 66.9 Å². The summed E-state index contributed by atoms with van der Waals surface area (Å²) in [5, 5.41) is 6.19. The second kappa shape index (κ2) is 8.94. The normalized spacial score (nSPS) is 10.4. The zero-order valence-corrected chi connectivity index (χ0v) is 15.7. The molecule has 0 aliphatic heterocycles. The molecular formula is C22H24N4O. The Kier molecular flexibility index (Phi) is 6.15. The van der Waals surface area contributed by atoms with E-state index in [-0.39, 0.29) is 5.91 Å². The van der Waals surface area contributed by atoms with E-state index in [0.29, 0.717) is 11.5 Å². The lowest BCUT2D eigenvalue weighted by atomic mass is 10.1. The number of amides is 1. The fraction of sp³-hybridized carbons (Fsp3) is 0.227. The van der Waals surface area contributed by atoms with Crippen LogP contribution in [-0.2, 0) is 6.42 Å². The number of benzene rings is 2. The van der Waals surface area contributed by atoms with Crippen molar-refractivity contribution in [2.24, 2.45) is 0 Å². The second-order valence-electron chi connectivity index (χ2n) is 6.58. The van der Waals surface area contributed by atoms with Gasteiger partial charge in [-0.3, -0.25) is 4.79 Å². The van der Waals surface area contributed by atoms with Gasteiger partial charge >= 0.3 is 0 Å². The van der Waals surface area contributed by atoms with Gasteiger partial charge in [-0.25, -0.2) is 9.97 Å². The van der Waals surface area contributed by atoms with Crippen LogP contribution in [0.5, 0.6) is 0 Å². The van der Waals surface area contributed by atoms with E-state index in [1.54, 1.807) is 6.07 Å². The van der Waals surface area contributed by atoms with Crippen LogP contribution in [0.4, 0.5) is 11.5 Å². The standard InChI is InChI=1S/C22H24N4O/c1-16-10-11-17(2)19(13-16)26-22(27)20-14-21(25-15-24-20)23-12-6-9-18-7-4-3-5-8-18/h3-5,7-8,10-11,13-15H,6,9,12H2,1-2H3,(H,26,27)(H,23,24,25). The van der Waals surface area contributed by atoms with E-state index in [1.807, 2.05) is 50.2 Å². The molecule has 0 unspecified atom stereocenters. The first-order chi connectivity index (χ1) is 13.1. The lowest BCUT2D eigenvalue weighted by Crippen LogP contribution is -2.15. The molecule has 1 heterocycles. The number of hydrogen-bond donors (Lipinski definition) is 2. The Bertz CT molecular complexity index is 909. The Morgan fingerprint density at radius 2 is 1.81 bits per heavy atom. The molecule has 2 aromatic carbocycles. The number of anilines is 2. The number of nitrogens with zero attached hydrogens (tertiary/aromatic N) is 2. The first-order valence-corrected chi connectivity index (χ1v) is 9.10. The summed E-state index contributed by atoms with van der Waals surface area (Å²) in [6.07, 6.45) is 3.40. The van der Waals surface area contributed by atoms with Crippen molar-refractivity contribution in [2.75, 3.05) is 17.2 Å². The molecule has 0 bridgehead atoms. The summed E-state index contributed by atoms with van der Waals surface area (Å²) in [7, 11) is 0. The Morgan fingerprint density at radius 3 is 2.63 bits per heavy atom. The summed E-state index contributed by atoms with van der Waals surface area (Å²) in [6, 6.07) is 18.0. The Morgan fingerprint density at radius 1 is 1.00 bits per heavy atom. The maximum Gasteiger partial charge on any atom is 0.274 e. The zero-order chi connectivity index (χ0) is 19.1. The van der Waals surface area contributed by atoms with Crippen molar-refractivity contribution < 1.29 is 4.79 Å². The summed E-state index contributed by atoms with van der Waals surface area (Å²) in [5.41, 5.74) is 4.57. The molecule has 0 saturated carbocycles. The summed E-state index contributed by atoms with van der Waals surface area (Å²) in [6.45, 7) is 4.75. The molecule has 138 valence electrons. The summed E-state index contributed by atoms with van der Waals surface area (Å²) in [5.74, 6) is 0.419. The molecule has 0 atom stereocenters. The van der Waals surface area contributed by atoms with Gasteiger partial charge in [0.1, 0.15) is 17.8 Å². The number of aryl methyl sites for hydroxylation is 3. The van der Waals surface area contributed by atoms with Crippen LogP contribution in [0.2, 0.25) is 0 Å². The lowest BCUT2D eigenvalue weighted by Gasteiger charge is -2.10. The van der Waals surface area contributed by atoms with Crippen LogP contribution in [-0.4, -0.2) is 22.4 Å². The molecule has 5 heteroatoms. The lowest BCUT2D eigenvalue weighted by molar-refractivity contribution is 0.102. The third-order valence-electron chi connectivity index (χ3n) is 4.33. The van der Waals surface area contributed by atoms with Crippen molar-refractivity contribution in [1.82, 2.24) is 9.97 Å². The van der Waals surface area contributed by atoms with Crippen molar-refractivity contribution in [3.63, 3.8) is 0 Å². The highest BCUT2D eigenvalue weighted by molar-refractivity contribution is 6.03. The maximum absolute atomic E-state index is 12.5. The summed E-state index contributed by atoms with van der Waals surface area (Å²) >= 11 is 0. The van der Waals surface area contributed by atoms with E-state index in [9.17, 15) is 4.79 Å². The van der Waals surface area contributed by atoms with Crippen LogP contribution in [0.25, 0.3) is 0 Å². The number of aromatic nitrogens is 2. The van der Waals surface area contributed by atoms with Crippen molar-refractivity contribution in [3.8, 4) is 0 Å². The van der Waals surface area contributed by atoms with E-state index < -0.39 is 0 Å².